The molecule has 1 N–H and O–H groups in total. The SMILES string of the molecule is CC(C)(C)c1cc(CN2CCN(C3CCCC(Cc4ccccc4)(Cc4ccccc4)CC3)CC2)cc(C(C)(C)C)c1O. The number of benzene rings is 3. The van der Waals surface area contributed by atoms with Crippen molar-refractivity contribution in [2.75, 3.05) is 26.2 Å². The molecule has 43 heavy (non-hydrogen) atoms. The summed E-state index contributed by atoms with van der Waals surface area (Å²) in [7, 11) is 0. The summed E-state index contributed by atoms with van der Waals surface area (Å²) < 4.78 is 0. The highest BCUT2D eigenvalue weighted by molar-refractivity contribution is 5.50. The summed E-state index contributed by atoms with van der Waals surface area (Å²) in [4.78, 5) is 5.45. The van der Waals surface area contributed by atoms with E-state index in [1.165, 1.54) is 61.6 Å². The predicted octanol–water partition coefficient (Wildman–Crippen LogP) is 8.91. The molecule has 1 aliphatic heterocycles. The zero-order valence-corrected chi connectivity index (χ0v) is 27.8. The zero-order valence-electron chi connectivity index (χ0n) is 27.8. The number of aromatic hydroxyl groups is 1. The van der Waals surface area contributed by atoms with Gasteiger partial charge in [0.25, 0.3) is 0 Å². The number of hydrogen-bond acceptors (Lipinski definition) is 3. The lowest BCUT2D eigenvalue weighted by Crippen LogP contribution is -2.50. The van der Waals surface area contributed by atoms with Gasteiger partial charge in [0.05, 0.1) is 0 Å². The molecule has 0 spiro atoms. The average molecular weight is 581 g/mol. The van der Waals surface area contributed by atoms with Crippen molar-refractivity contribution in [1.29, 1.82) is 0 Å². The molecule has 3 aromatic rings. The summed E-state index contributed by atoms with van der Waals surface area (Å²) in [6.07, 6.45) is 8.95. The first-order valence-electron chi connectivity index (χ1n) is 16.8. The Morgan fingerprint density at radius 1 is 0.674 bits per heavy atom. The highest BCUT2D eigenvalue weighted by Crippen LogP contribution is 2.43. The Balaban J connectivity index is 1.24. The number of rotatable bonds is 7. The van der Waals surface area contributed by atoms with Crippen LogP contribution in [0.3, 0.4) is 0 Å². The molecule has 3 aromatic carbocycles. The number of phenolic OH excluding ortho intramolecular Hbond substituents is 1. The van der Waals surface area contributed by atoms with Crippen molar-refractivity contribution >= 4 is 0 Å². The van der Waals surface area contributed by atoms with Gasteiger partial charge in [-0.1, -0.05) is 121 Å². The van der Waals surface area contributed by atoms with Gasteiger partial charge in [0, 0.05) is 38.8 Å². The van der Waals surface area contributed by atoms with Crippen molar-refractivity contribution in [3.8, 4) is 5.75 Å². The normalized spacial score (nSPS) is 20.6. The van der Waals surface area contributed by atoms with Gasteiger partial charge in [-0.15, -0.1) is 0 Å². The third-order valence-corrected chi connectivity index (χ3v) is 10.2. The van der Waals surface area contributed by atoms with Crippen LogP contribution in [0, 0.1) is 5.41 Å². The van der Waals surface area contributed by atoms with Gasteiger partial charge < -0.3 is 5.11 Å². The first kappa shape index (κ1) is 31.8. The van der Waals surface area contributed by atoms with Crippen LogP contribution >= 0.6 is 0 Å². The number of nitrogens with zero attached hydrogens (tertiary/aromatic N) is 2. The average Bonchev–Trinajstić information content (AvgIpc) is 3.16. The minimum Gasteiger partial charge on any atom is -0.507 e. The van der Waals surface area contributed by atoms with Gasteiger partial charge in [-0.25, -0.2) is 0 Å². The molecule has 2 fully saturated rings. The molecule has 232 valence electrons. The second-order valence-corrected chi connectivity index (χ2v) is 15.8. The van der Waals surface area contributed by atoms with Crippen molar-refractivity contribution < 1.29 is 5.11 Å². The van der Waals surface area contributed by atoms with Crippen molar-refractivity contribution in [2.45, 2.75) is 110 Å². The second-order valence-electron chi connectivity index (χ2n) is 15.8. The Bertz CT molecular complexity index is 1230. The van der Waals surface area contributed by atoms with Crippen LogP contribution in [-0.2, 0) is 30.2 Å². The predicted molar refractivity (Wildman–Crippen MR) is 182 cm³/mol. The fraction of sp³-hybridized carbons (Fsp3) is 0.550. The topological polar surface area (TPSA) is 26.7 Å². The Morgan fingerprint density at radius 3 is 1.67 bits per heavy atom. The summed E-state index contributed by atoms with van der Waals surface area (Å²) in [5.41, 5.74) is 6.62. The van der Waals surface area contributed by atoms with E-state index in [4.69, 9.17) is 0 Å². The maximum absolute atomic E-state index is 11.2. The molecular formula is C40H56N2O. The van der Waals surface area contributed by atoms with E-state index in [9.17, 15) is 5.11 Å². The Morgan fingerprint density at radius 2 is 1.19 bits per heavy atom. The third kappa shape index (κ3) is 8.11. The van der Waals surface area contributed by atoms with Crippen LogP contribution in [0.2, 0.25) is 0 Å². The minimum atomic E-state index is -0.0888. The third-order valence-electron chi connectivity index (χ3n) is 10.2. The Hall–Kier alpha value is -2.62. The molecule has 1 saturated heterocycles. The molecule has 0 aromatic heterocycles. The van der Waals surface area contributed by atoms with Gasteiger partial charge in [0.2, 0.25) is 0 Å². The second kappa shape index (κ2) is 13.2. The number of piperazine rings is 1. The first-order chi connectivity index (χ1) is 20.4. The molecule has 3 nitrogen and oxygen atoms in total. The van der Waals surface area contributed by atoms with E-state index in [-0.39, 0.29) is 10.8 Å². The minimum absolute atomic E-state index is 0.0888. The number of phenols is 1. The molecule has 5 rings (SSSR count). The van der Waals surface area contributed by atoms with Crippen molar-refractivity contribution in [1.82, 2.24) is 9.80 Å². The van der Waals surface area contributed by atoms with Crippen LogP contribution < -0.4 is 0 Å². The highest BCUT2D eigenvalue weighted by atomic mass is 16.3. The summed E-state index contributed by atoms with van der Waals surface area (Å²) in [6, 6.07) is 27.7. The molecule has 0 amide bonds. The van der Waals surface area contributed by atoms with Crippen LogP contribution in [0.1, 0.15) is 101 Å². The van der Waals surface area contributed by atoms with Gasteiger partial charge in [0.15, 0.2) is 0 Å². The molecule has 1 unspecified atom stereocenters. The molecule has 0 radical (unpaired) electrons. The largest absolute Gasteiger partial charge is 0.507 e. The van der Waals surface area contributed by atoms with E-state index in [0.717, 1.165) is 43.9 Å². The molecular weight excluding hydrogens is 524 g/mol. The fourth-order valence-corrected chi connectivity index (χ4v) is 7.77. The van der Waals surface area contributed by atoms with Gasteiger partial charge in [-0.05, 0) is 82.6 Å². The van der Waals surface area contributed by atoms with E-state index in [2.05, 4.69) is 124 Å². The lowest BCUT2D eigenvalue weighted by molar-refractivity contribution is 0.0830. The molecule has 1 saturated carbocycles. The summed E-state index contributed by atoms with van der Waals surface area (Å²) >= 11 is 0. The zero-order chi connectivity index (χ0) is 30.7. The monoisotopic (exact) mass is 580 g/mol. The van der Waals surface area contributed by atoms with Crippen LogP contribution in [0.5, 0.6) is 5.75 Å². The quantitative estimate of drug-likeness (QED) is 0.283. The molecule has 1 atom stereocenters. The maximum atomic E-state index is 11.2. The smallest absolute Gasteiger partial charge is 0.123 e. The number of hydrogen-bond donors (Lipinski definition) is 1. The van der Waals surface area contributed by atoms with Gasteiger partial charge in [-0.3, -0.25) is 9.80 Å². The molecule has 1 heterocycles. The maximum Gasteiger partial charge on any atom is 0.123 e. The van der Waals surface area contributed by atoms with Crippen molar-refractivity contribution in [2.24, 2.45) is 5.41 Å². The van der Waals surface area contributed by atoms with E-state index in [0.29, 0.717) is 17.2 Å². The van der Waals surface area contributed by atoms with Crippen LogP contribution in [0.25, 0.3) is 0 Å². The molecule has 0 bridgehead atoms. The van der Waals surface area contributed by atoms with E-state index in [1.807, 2.05) is 0 Å². The van der Waals surface area contributed by atoms with Gasteiger partial charge in [-0.2, -0.15) is 0 Å². The van der Waals surface area contributed by atoms with Crippen molar-refractivity contribution in [3.63, 3.8) is 0 Å². The van der Waals surface area contributed by atoms with Crippen LogP contribution in [0.4, 0.5) is 0 Å². The van der Waals surface area contributed by atoms with E-state index < -0.39 is 0 Å². The summed E-state index contributed by atoms with van der Waals surface area (Å²) in [5, 5.41) is 11.2. The van der Waals surface area contributed by atoms with E-state index >= 15 is 0 Å². The summed E-state index contributed by atoms with van der Waals surface area (Å²) in [6.45, 7) is 18.8. The molecule has 3 heteroatoms. The van der Waals surface area contributed by atoms with Gasteiger partial charge >= 0.3 is 0 Å². The summed E-state index contributed by atoms with van der Waals surface area (Å²) in [5.74, 6) is 0.484. The fourth-order valence-electron chi connectivity index (χ4n) is 7.77. The lowest BCUT2D eigenvalue weighted by atomic mass is 9.71. The van der Waals surface area contributed by atoms with Crippen LogP contribution in [0.15, 0.2) is 72.8 Å². The lowest BCUT2D eigenvalue weighted by Gasteiger charge is -2.40. The molecule has 1 aliphatic carbocycles. The Labute approximate surface area is 262 Å². The highest BCUT2D eigenvalue weighted by Gasteiger charge is 2.36. The Kier molecular flexibility index (Phi) is 9.73. The molecule has 2 aliphatic rings. The first-order valence-corrected chi connectivity index (χ1v) is 16.8. The van der Waals surface area contributed by atoms with E-state index in [1.54, 1.807) is 0 Å². The van der Waals surface area contributed by atoms with Gasteiger partial charge in [0.1, 0.15) is 5.75 Å². The van der Waals surface area contributed by atoms with Crippen molar-refractivity contribution in [3.05, 3.63) is 101 Å². The standard InChI is InChI=1S/C40H56N2O/c1-38(2,3)35-26-33(27-36(37(35)43)39(4,5)6)30-41-22-24-42(25-23-41)34-18-13-20-40(21-19-34,28-31-14-9-7-10-15-31)29-32-16-11-8-12-17-32/h7-12,14-17,26-27,34,43H,13,18-25,28-30H2,1-6H3. The van der Waals surface area contributed by atoms with Crippen LogP contribution in [-0.4, -0.2) is 47.1 Å².